The van der Waals surface area contributed by atoms with E-state index in [0.29, 0.717) is 5.95 Å². The van der Waals surface area contributed by atoms with Gasteiger partial charge in [-0.25, -0.2) is 4.98 Å². The lowest BCUT2D eigenvalue weighted by molar-refractivity contribution is 0.214. The van der Waals surface area contributed by atoms with Gasteiger partial charge in [-0.2, -0.15) is 0 Å². The van der Waals surface area contributed by atoms with E-state index in [0.717, 1.165) is 28.6 Å². The summed E-state index contributed by atoms with van der Waals surface area (Å²) in [7, 11) is 4.18. The minimum absolute atomic E-state index is 0.133. The van der Waals surface area contributed by atoms with E-state index in [9.17, 15) is 0 Å². The number of nitrogen functional groups attached to an aromatic ring is 1. The van der Waals surface area contributed by atoms with Crippen molar-refractivity contribution >= 4 is 32.9 Å². The Morgan fingerprint density at radius 1 is 1.37 bits per heavy atom. The molecule has 1 aromatic carbocycles. The molecule has 2 aromatic rings. The maximum atomic E-state index is 6.06. The van der Waals surface area contributed by atoms with Crippen LogP contribution in [-0.2, 0) is 6.54 Å². The summed E-state index contributed by atoms with van der Waals surface area (Å²) in [6.45, 7) is 6.34. The standard InChI is InChI=1S/C14H21BrN4/c1-14(2,8-18(3)4)9-19-12-7-10(15)5-6-11(12)17-13(19)16/h5-7H,8-9H2,1-4H3,(H2,16,17). The Balaban J connectivity index is 2.39. The molecular formula is C14H21BrN4. The average Bonchev–Trinajstić information content (AvgIpc) is 2.53. The summed E-state index contributed by atoms with van der Waals surface area (Å²) >= 11 is 3.51. The first-order valence-electron chi connectivity index (χ1n) is 6.34. The van der Waals surface area contributed by atoms with E-state index in [4.69, 9.17) is 5.73 Å². The predicted octanol–water partition coefficient (Wildman–Crippen LogP) is 2.97. The van der Waals surface area contributed by atoms with E-state index in [1.165, 1.54) is 0 Å². The fourth-order valence-electron chi connectivity index (χ4n) is 2.61. The second kappa shape index (κ2) is 5.13. The topological polar surface area (TPSA) is 47.1 Å². The van der Waals surface area contributed by atoms with Gasteiger partial charge in [0.25, 0.3) is 0 Å². The van der Waals surface area contributed by atoms with Crippen molar-refractivity contribution in [2.75, 3.05) is 26.4 Å². The molecule has 0 aliphatic carbocycles. The molecule has 104 valence electrons. The summed E-state index contributed by atoms with van der Waals surface area (Å²) < 4.78 is 3.15. The van der Waals surface area contributed by atoms with Crippen molar-refractivity contribution < 1.29 is 0 Å². The summed E-state index contributed by atoms with van der Waals surface area (Å²) in [6.07, 6.45) is 0. The van der Waals surface area contributed by atoms with Crippen LogP contribution in [0.25, 0.3) is 11.0 Å². The highest BCUT2D eigenvalue weighted by Gasteiger charge is 2.22. The van der Waals surface area contributed by atoms with Crippen LogP contribution in [-0.4, -0.2) is 35.1 Å². The Hall–Kier alpha value is -1.07. The fraction of sp³-hybridized carbons (Fsp3) is 0.500. The Bertz CT molecular complexity index is 586. The zero-order valence-electron chi connectivity index (χ0n) is 11.9. The number of halogens is 1. The largest absolute Gasteiger partial charge is 0.369 e. The van der Waals surface area contributed by atoms with Crippen LogP contribution in [0, 0.1) is 5.41 Å². The SMILES string of the molecule is CN(C)CC(C)(C)Cn1c(N)nc2ccc(Br)cc21. The lowest BCUT2D eigenvalue weighted by Crippen LogP contribution is -2.32. The van der Waals surface area contributed by atoms with Gasteiger partial charge in [0.1, 0.15) is 0 Å². The van der Waals surface area contributed by atoms with Gasteiger partial charge in [-0.3, -0.25) is 0 Å². The van der Waals surface area contributed by atoms with Crippen LogP contribution in [0.1, 0.15) is 13.8 Å². The molecule has 0 spiro atoms. The number of imidazole rings is 1. The number of anilines is 1. The lowest BCUT2D eigenvalue weighted by Gasteiger charge is -2.29. The number of nitrogens with two attached hydrogens (primary N) is 1. The van der Waals surface area contributed by atoms with Crippen molar-refractivity contribution in [1.82, 2.24) is 14.5 Å². The normalized spacial score (nSPS) is 12.5. The van der Waals surface area contributed by atoms with Gasteiger partial charge >= 0.3 is 0 Å². The highest BCUT2D eigenvalue weighted by Crippen LogP contribution is 2.27. The molecular weight excluding hydrogens is 304 g/mol. The molecule has 1 aromatic heterocycles. The molecule has 0 aliphatic rings. The van der Waals surface area contributed by atoms with Crippen LogP contribution < -0.4 is 5.73 Å². The molecule has 19 heavy (non-hydrogen) atoms. The number of rotatable bonds is 4. The molecule has 4 nitrogen and oxygen atoms in total. The predicted molar refractivity (Wildman–Crippen MR) is 84.2 cm³/mol. The summed E-state index contributed by atoms with van der Waals surface area (Å²) in [5.74, 6) is 0.583. The second-order valence-electron chi connectivity index (χ2n) is 6.09. The highest BCUT2D eigenvalue weighted by atomic mass is 79.9. The first-order chi connectivity index (χ1) is 8.78. The van der Waals surface area contributed by atoms with Crippen LogP contribution in [0.2, 0.25) is 0 Å². The lowest BCUT2D eigenvalue weighted by atomic mass is 9.93. The molecule has 5 heteroatoms. The third kappa shape index (κ3) is 3.28. The van der Waals surface area contributed by atoms with E-state index in [1.807, 2.05) is 12.1 Å². The summed E-state index contributed by atoms with van der Waals surface area (Å²) in [5, 5.41) is 0. The number of hydrogen-bond acceptors (Lipinski definition) is 3. The number of benzene rings is 1. The van der Waals surface area contributed by atoms with Crippen LogP contribution in [0.15, 0.2) is 22.7 Å². The molecule has 1 heterocycles. The van der Waals surface area contributed by atoms with Crippen LogP contribution in [0.3, 0.4) is 0 Å². The van der Waals surface area contributed by atoms with E-state index >= 15 is 0 Å². The van der Waals surface area contributed by atoms with Crippen molar-refractivity contribution in [2.24, 2.45) is 5.41 Å². The minimum atomic E-state index is 0.133. The van der Waals surface area contributed by atoms with Crippen LogP contribution in [0.5, 0.6) is 0 Å². The third-order valence-electron chi connectivity index (χ3n) is 3.07. The summed E-state index contributed by atoms with van der Waals surface area (Å²) in [6, 6.07) is 6.06. The van der Waals surface area contributed by atoms with Crippen molar-refractivity contribution in [3.63, 3.8) is 0 Å². The Morgan fingerprint density at radius 3 is 2.68 bits per heavy atom. The molecule has 2 rings (SSSR count). The molecule has 0 bridgehead atoms. The van der Waals surface area contributed by atoms with E-state index < -0.39 is 0 Å². The zero-order chi connectivity index (χ0) is 14.2. The van der Waals surface area contributed by atoms with Gasteiger partial charge in [-0.05, 0) is 37.7 Å². The quantitative estimate of drug-likeness (QED) is 0.940. The van der Waals surface area contributed by atoms with Crippen LogP contribution in [0.4, 0.5) is 5.95 Å². The number of nitrogens with zero attached hydrogens (tertiary/aromatic N) is 3. The Labute approximate surface area is 122 Å². The zero-order valence-corrected chi connectivity index (χ0v) is 13.5. The molecule has 0 radical (unpaired) electrons. The molecule has 0 aliphatic heterocycles. The van der Waals surface area contributed by atoms with Gasteiger partial charge in [0.15, 0.2) is 0 Å². The van der Waals surface area contributed by atoms with E-state index in [-0.39, 0.29) is 5.41 Å². The molecule has 0 amide bonds. The van der Waals surface area contributed by atoms with Crippen molar-refractivity contribution in [3.8, 4) is 0 Å². The van der Waals surface area contributed by atoms with Crippen molar-refractivity contribution in [1.29, 1.82) is 0 Å². The number of hydrogen-bond donors (Lipinski definition) is 1. The average molecular weight is 325 g/mol. The maximum Gasteiger partial charge on any atom is 0.201 e. The highest BCUT2D eigenvalue weighted by molar-refractivity contribution is 9.10. The Morgan fingerprint density at radius 2 is 2.05 bits per heavy atom. The van der Waals surface area contributed by atoms with Gasteiger partial charge in [0.2, 0.25) is 5.95 Å². The molecule has 2 N–H and O–H groups in total. The second-order valence-corrected chi connectivity index (χ2v) is 7.01. The number of aromatic nitrogens is 2. The smallest absolute Gasteiger partial charge is 0.201 e. The maximum absolute atomic E-state index is 6.06. The summed E-state index contributed by atoms with van der Waals surface area (Å²) in [4.78, 5) is 6.62. The Kier molecular flexibility index (Phi) is 3.87. The van der Waals surface area contributed by atoms with E-state index in [2.05, 4.69) is 64.4 Å². The van der Waals surface area contributed by atoms with Crippen molar-refractivity contribution in [3.05, 3.63) is 22.7 Å². The van der Waals surface area contributed by atoms with Gasteiger partial charge in [0, 0.05) is 17.6 Å². The molecule has 0 atom stereocenters. The fourth-order valence-corrected chi connectivity index (χ4v) is 2.96. The minimum Gasteiger partial charge on any atom is -0.369 e. The molecule has 0 unspecified atom stereocenters. The van der Waals surface area contributed by atoms with Crippen LogP contribution >= 0.6 is 15.9 Å². The van der Waals surface area contributed by atoms with Crippen molar-refractivity contribution in [2.45, 2.75) is 20.4 Å². The third-order valence-corrected chi connectivity index (χ3v) is 3.56. The van der Waals surface area contributed by atoms with Gasteiger partial charge < -0.3 is 15.2 Å². The van der Waals surface area contributed by atoms with Gasteiger partial charge in [-0.1, -0.05) is 29.8 Å². The summed E-state index contributed by atoms with van der Waals surface area (Å²) in [5.41, 5.74) is 8.22. The first-order valence-corrected chi connectivity index (χ1v) is 7.14. The first kappa shape index (κ1) is 14.3. The van der Waals surface area contributed by atoms with E-state index in [1.54, 1.807) is 0 Å². The van der Waals surface area contributed by atoms with Gasteiger partial charge in [0.05, 0.1) is 11.0 Å². The molecule has 0 fully saturated rings. The monoisotopic (exact) mass is 324 g/mol. The molecule has 0 saturated heterocycles. The number of fused-ring (bicyclic) bond motifs is 1. The molecule has 0 saturated carbocycles. The van der Waals surface area contributed by atoms with Gasteiger partial charge in [-0.15, -0.1) is 0 Å².